The van der Waals surface area contributed by atoms with Crippen LogP contribution in [0.3, 0.4) is 0 Å². The van der Waals surface area contributed by atoms with Crippen LogP contribution in [0.5, 0.6) is 5.75 Å². The van der Waals surface area contributed by atoms with Gasteiger partial charge in [-0.15, -0.1) is 0 Å². The summed E-state index contributed by atoms with van der Waals surface area (Å²) in [5.41, 5.74) is 1.94. The maximum Gasteiger partial charge on any atom is 0.308 e. The van der Waals surface area contributed by atoms with E-state index in [4.69, 9.17) is 4.74 Å². The van der Waals surface area contributed by atoms with E-state index in [-0.39, 0.29) is 12.5 Å². The van der Waals surface area contributed by atoms with Gasteiger partial charge in [0.2, 0.25) is 0 Å². The van der Waals surface area contributed by atoms with Gasteiger partial charge in [0.05, 0.1) is 12.0 Å². The van der Waals surface area contributed by atoms with Gasteiger partial charge < -0.3 is 15.2 Å². The van der Waals surface area contributed by atoms with Gasteiger partial charge in [0.25, 0.3) is 5.91 Å². The van der Waals surface area contributed by atoms with Gasteiger partial charge in [0, 0.05) is 0 Å². The lowest BCUT2D eigenvalue weighted by Crippen LogP contribution is -2.38. The Labute approximate surface area is 147 Å². The summed E-state index contributed by atoms with van der Waals surface area (Å²) in [5, 5.41) is 12.1. The number of aryl methyl sites for hydroxylation is 1. The molecule has 0 fully saturated rings. The predicted octanol–water partition coefficient (Wildman–Crippen LogP) is 3.21. The third kappa shape index (κ3) is 5.35. The molecule has 0 saturated heterocycles. The number of carboxylic acid groups (broad SMARTS) is 1. The maximum atomic E-state index is 12.2. The number of carbonyl (C=O) groups is 2. The molecular weight excluding hydrogens is 318 g/mol. The molecule has 0 radical (unpaired) electrons. The summed E-state index contributed by atoms with van der Waals surface area (Å²) in [4.78, 5) is 23.6. The molecule has 2 unspecified atom stereocenters. The molecule has 2 aromatic rings. The van der Waals surface area contributed by atoms with Gasteiger partial charge in [0.15, 0.2) is 6.61 Å². The van der Waals surface area contributed by atoms with Crippen LogP contribution in [0.2, 0.25) is 0 Å². The van der Waals surface area contributed by atoms with Crippen molar-refractivity contribution >= 4 is 11.9 Å². The van der Waals surface area contributed by atoms with E-state index in [0.717, 1.165) is 12.0 Å². The fourth-order valence-corrected chi connectivity index (χ4v) is 2.49. The highest BCUT2D eigenvalue weighted by Gasteiger charge is 2.26. The highest BCUT2D eigenvalue weighted by molar-refractivity contribution is 5.79. The fourth-order valence-electron chi connectivity index (χ4n) is 2.49. The zero-order valence-corrected chi connectivity index (χ0v) is 14.4. The molecule has 1 amide bonds. The number of ether oxygens (including phenoxy) is 1. The van der Waals surface area contributed by atoms with Crippen molar-refractivity contribution in [3.8, 4) is 5.75 Å². The van der Waals surface area contributed by atoms with E-state index in [1.54, 1.807) is 19.1 Å². The lowest BCUT2D eigenvalue weighted by molar-refractivity contribution is -0.142. The van der Waals surface area contributed by atoms with E-state index in [9.17, 15) is 14.7 Å². The highest BCUT2D eigenvalue weighted by atomic mass is 16.5. The number of benzene rings is 2. The van der Waals surface area contributed by atoms with Gasteiger partial charge >= 0.3 is 5.97 Å². The standard InChI is InChI=1S/C20H23NO4/c1-3-15-9-11-17(12-10-15)25-13-18(22)21-19(14(2)20(23)24)16-7-5-4-6-8-16/h4-12,14,19H,3,13H2,1-2H3,(H,21,22)(H,23,24). The monoisotopic (exact) mass is 341 g/mol. The summed E-state index contributed by atoms with van der Waals surface area (Å²) in [6, 6.07) is 16.0. The van der Waals surface area contributed by atoms with Crippen molar-refractivity contribution < 1.29 is 19.4 Å². The van der Waals surface area contributed by atoms with E-state index in [0.29, 0.717) is 5.75 Å². The van der Waals surface area contributed by atoms with Gasteiger partial charge in [-0.1, -0.05) is 49.4 Å². The molecule has 0 heterocycles. The van der Waals surface area contributed by atoms with Crippen molar-refractivity contribution in [2.45, 2.75) is 26.3 Å². The Morgan fingerprint density at radius 1 is 1.08 bits per heavy atom. The third-order valence-corrected chi connectivity index (χ3v) is 4.07. The lowest BCUT2D eigenvalue weighted by Gasteiger charge is -2.23. The molecule has 0 aliphatic heterocycles. The first-order chi connectivity index (χ1) is 12.0. The number of amides is 1. The highest BCUT2D eigenvalue weighted by Crippen LogP contribution is 2.22. The first kappa shape index (κ1) is 18.5. The molecule has 0 spiro atoms. The molecule has 2 aromatic carbocycles. The van der Waals surface area contributed by atoms with Crippen molar-refractivity contribution in [3.63, 3.8) is 0 Å². The summed E-state index contributed by atoms with van der Waals surface area (Å²) in [5.74, 6) is -1.48. The molecule has 5 heteroatoms. The van der Waals surface area contributed by atoms with Crippen molar-refractivity contribution in [1.82, 2.24) is 5.32 Å². The lowest BCUT2D eigenvalue weighted by atomic mass is 9.94. The average molecular weight is 341 g/mol. The van der Waals surface area contributed by atoms with Crippen LogP contribution in [-0.2, 0) is 16.0 Å². The molecule has 5 nitrogen and oxygen atoms in total. The van der Waals surface area contributed by atoms with Crippen LogP contribution in [0.1, 0.15) is 31.0 Å². The Kier molecular flexibility index (Phi) is 6.57. The van der Waals surface area contributed by atoms with E-state index in [1.807, 2.05) is 42.5 Å². The predicted molar refractivity (Wildman–Crippen MR) is 95.4 cm³/mol. The minimum absolute atomic E-state index is 0.166. The normalized spacial score (nSPS) is 12.9. The maximum absolute atomic E-state index is 12.2. The summed E-state index contributed by atoms with van der Waals surface area (Å²) in [7, 11) is 0. The summed E-state index contributed by atoms with van der Waals surface area (Å²) in [6.07, 6.45) is 0.937. The quantitative estimate of drug-likeness (QED) is 0.773. The van der Waals surface area contributed by atoms with Crippen molar-refractivity contribution in [3.05, 3.63) is 65.7 Å². The molecule has 0 aliphatic rings. The molecule has 0 bridgehead atoms. The van der Waals surface area contributed by atoms with Crippen LogP contribution in [-0.4, -0.2) is 23.6 Å². The first-order valence-electron chi connectivity index (χ1n) is 8.30. The Morgan fingerprint density at radius 3 is 2.28 bits per heavy atom. The van der Waals surface area contributed by atoms with Gasteiger partial charge in [-0.2, -0.15) is 0 Å². The minimum atomic E-state index is -0.967. The zero-order valence-electron chi connectivity index (χ0n) is 14.4. The number of aliphatic carboxylic acids is 1. The largest absolute Gasteiger partial charge is 0.484 e. The summed E-state index contributed by atoms with van der Waals surface area (Å²) < 4.78 is 5.48. The fraction of sp³-hybridized carbons (Fsp3) is 0.300. The van der Waals surface area contributed by atoms with Crippen LogP contribution in [0, 0.1) is 5.92 Å². The second-order valence-electron chi connectivity index (χ2n) is 5.87. The number of carboxylic acids is 1. The summed E-state index contributed by atoms with van der Waals surface area (Å²) >= 11 is 0. The van der Waals surface area contributed by atoms with Crippen molar-refractivity contribution in [2.24, 2.45) is 5.92 Å². The molecule has 2 N–H and O–H groups in total. The van der Waals surface area contributed by atoms with E-state index in [1.165, 1.54) is 5.56 Å². The first-order valence-corrected chi connectivity index (χ1v) is 8.30. The van der Waals surface area contributed by atoms with Crippen LogP contribution < -0.4 is 10.1 Å². The zero-order chi connectivity index (χ0) is 18.2. The Hall–Kier alpha value is -2.82. The Morgan fingerprint density at radius 2 is 1.72 bits per heavy atom. The number of rotatable bonds is 8. The molecular formula is C20H23NO4. The number of carbonyl (C=O) groups excluding carboxylic acids is 1. The molecule has 0 aromatic heterocycles. The van der Waals surface area contributed by atoms with Crippen molar-refractivity contribution in [1.29, 1.82) is 0 Å². The van der Waals surface area contributed by atoms with Crippen LogP contribution in [0.25, 0.3) is 0 Å². The third-order valence-electron chi connectivity index (χ3n) is 4.07. The van der Waals surface area contributed by atoms with E-state index >= 15 is 0 Å². The SMILES string of the molecule is CCc1ccc(OCC(=O)NC(c2ccccc2)C(C)C(=O)O)cc1. The number of hydrogen-bond acceptors (Lipinski definition) is 3. The van der Waals surface area contributed by atoms with Gasteiger partial charge in [-0.3, -0.25) is 9.59 Å². The molecule has 25 heavy (non-hydrogen) atoms. The summed E-state index contributed by atoms with van der Waals surface area (Å²) in [6.45, 7) is 3.47. The second kappa shape index (κ2) is 8.87. The van der Waals surface area contributed by atoms with E-state index < -0.39 is 17.9 Å². The molecule has 2 atom stereocenters. The van der Waals surface area contributed by atoms with Gasteiger partial charge in [-0.25, -0.2) is 0 Å². The van der Waals surface area contributed by atoms with Gasteiger partial charge in [-0.05, 0) is 36.6 Å². The van der Waals surface area contributed by atoms with E-state index in [2.05, 4.69) is 12.2 Å². The number of nitrogens with one attached hydrogen (secondary N) is 1. The van der Waals surface area contributed by atoms with Crippen LogP contribution >= 0.6 is 0 Å². The number of hydrogen-bond donors (Lipinski definition) is 2. The van der Waals surface area contributed by atoms with Crippen LogP contribution in [0.15, 0.2) is 54.6 Å². The Balaban J connectivity index is 2.00. The average Bonchev–Trinajstić information content (AvgIpc) is 2.65. The molecule has 0 saturated carbocycles. The molecule has 132 valence electrons. The second-order valence-corrected chi connectivity index (χ2v) is 5.87. The molecule has 2 rings (SSSR count). The minimum Gasteiger partial charge on any atom is -0.484 e. The van der Waals surface area contributed by atoms with Crippen molar-refractivity contribution in [2.75, 3.05) is 6.61 Å². The van der Waals surface area contributed by atoms with Gasteiger partial charge in [0.1, 0.15) is 5.75 Å². The smallest absolute Gasteiger partial charge is 0.308 e. The van der Waals surface area contributed by atoms with Crippen LogP contribution in [0.4, 0.5) is 0 Å². The molecule has 0 aliphatic carbocycles. The topological polar surface area (TPSA) is 75.6 Å². The Bertz CT molecular complexity index is 697.